The van der Waals surface area contributed by atoms with E-state index in [9.17, 15) is 14.7 Å². The standard InChI is InChI=1S/C28H25F2N3O5S/c1-14(2)28(36)38-26-21(34)11-20(33-25(26)27(35)32-7-8-37-12-23(32)31-33)17-10-19(29)24(30)18-13-39-22-6-4-3-5-15(22)9-16(17)18/h3-6,10-11,14,23,31H,7-9,12-13H2,1-2H3/p+1/t23-/m0/s1. The Labute approximate surface area is 226 Å². The van der Waals surface area contributed by atoms with Gasteiger partial charge in [0.05, 0.1) is 11.6 Å². The van der Waals surface area contributed by atoms with Gasteiger partial charge in [0.15, 0.2) is 18.2 Å². The highest BCUT2D eigenvalue weighted by Gasteiger charge is 2.41. The predicted octanol–water partition coefficient (Wildman–Crippen LogP) is 3.78. The summed E-state index contributed by atoms with van der Waals surface area (Å²) in [6.45, 7) is 4.16. The van der Waals surface area contributed by atoms with Crippen LogP contribution in [0.5, 0.6) is 5.75 Å². The Morgan fingerprint density at radius 3 is 2.85 bits per heavy atom. The Balaban J connectivity index is 1.63. The van der Waals surface area contributed by atoms with Crippen molar-refractivity contribution in [1.82, 2.24) is 4.68 Å². The van der Waals surface area contributed by atoms with Gasteiger partial charge in [-0.1, -0.05) is 32.0 Å². The van der Waals surface area contributed by atoms with Crippen LogP contribution in [0, 0.1) is 17.6 Å². The molecule has 0 bridgehead atoms. The van der Waals surface area contributed by atoms with E-state index in [2.05, 4.69) is 5.43 Å². The van der Waals surface area contributed by atoms with Crippen molar-refractivity contribution in [3.05, 3.63) is 80.6 Å². The van der Waals surface area contributed by atoms with E-state index < -0.39 is 35.1 Å². The van der Waals surface area contributed by atoms with Gasteiger partial charge in [0.25, 0.3) is 6.17 Å². The van der Waals surface area contributed by atoms with E-state index in [1.165, 1.54) is 22.5 Å². The van der Waals surface area contributed by atoms with Crippen molar-refractivity contribution in [1.29, 1.82) is 0 Å². The first-order chi connectivity index (χ1) is 18.7. The average Bonchev–Trinajstić information content (AvgIpc) is 3.12. The molecule has 3 aliphatic heterocycles. The van der Waals surface area contributed by atoms with Gasteiger partial charge in [-0.25, -0.2) is 13.5 Å². The molecular weight excluding hydrogens is 528 g/mol. The number of thioether (sulfide) groups is 1. The maximum absolute atomic E-state index is 15.2. The zero-order valence-corrected chi connectivity index (χ0v) is 22.1. The quantitative estimate of drug-likeness (QED) is 0.376. The van der Waals surface area contributed by atoms with Crippen LogP contribution in [-0.2, 0) is 21.7 Å². The number of hydrogen-bond donors (Lipinski definition) is 2. The normalized spacial score (nSPS) is 17.9. The van der Waals surface area contributed by atoms with Crippen LogP contribution in [0.4, 0.5) is 8.78 Å². The average molecular weight is 555 g/mol. The largest absolute Gasteiger partial charge is 0.458 e. The zero-order chi connectivity index (χ0) is 27.4. The second-order valence-corrected chi connectivity index (χ2v) is 11.0. The molecule has 0 spiro atoms. The molecule has 1 saturated heterocycles. The number of aliphatic hydroxyl groups is 1. The molecular formula is C28H26F2N3O5S+. The second-order valence-electron chi connectivity index (χ2n) is 9.97. The Hall–Kier alpha value is -3.70. The van der Waals surface area contributed by atoms with Crippen LogP contribution in [0.15, 0.2) is 46.1 Å². The topological polar surface area (TPSA) is 92.8 Å². The van der Waals surface area contributed by atoms with E-state index in [4.69, 9.17) is 9.47 Å². The molecule has 0 saturated carbocycles. The van der Waals surface area contributed by atoms with Gasteiger partial charge in [-0.3, -0.25) is 15.0 Å². The molecule has 1 fully saturated rings. The number of carbonyl (C=O) groups is 1. The van der Waals surface area contributed by atoms with Crippen LogP contribution in [0.3, 0.4) is 0 Å². The van der Waals surface area contributed by atoms with Crippen LogP contribution in [0.2, 0.25) is 0 Å². The highest BCUT2D eigenvalue weighted by atomic mass is 32.2. The number of hydrogen-bond acceptors (Lipinski definition) is 6. The van der Waals surface area contributed by atoms with E-state index in [1.807, 2.05) is 24.3 Å². The summed E-state index contributed by atoms with van der Waals surface area (Å²) < 4.78 is 44.4. The first-order valence-electron chi connectivity index (χ1n) is 12.6. The fourth-order valence-corrected chi connectivity index (χ4v) is 6.22. The number of benzene rings is 2. The number of aliphatic hydroxyl groups excluding tert-OH is 1. The molecule has 8 nitrogen and oxygen atoms in total. The molecule has 0 unspecified atom stereocenters. The molecule has 3 aromatic rings. The number of halogens is 2. The first-order valence-corrected chi connectivity index (χ1v) is 13.6. The fraction of sp³-hybridized carbons (Fsp3) is 0.321. The van der Waals surface area contributed by atoms with Gasteiger partial charge in [-0.2, -0.15) is 4.58 Å². The molecule has 6 rings (SSSR count). The van der Waals surface area contributed by atoms with Gasteiger partial charge in [0.2, 0.25) is 16.9 Å². The smallest absolute Gasteiger partial charge is 0.392 e. The summed E-state index contributed by atoms with van der Waals surface area (Å²) in [6.07, 6.45) is -0.200. The minimum absolute atomic E-state index is 0.0634. The second kappa shape index (κ2) is 9.80. The number of esters is 1. The molecule has 0 aliphatic carbocycles. The summed E-state index contributed by atoms with van der Waals surface area (Å²) in [5.41, 5.74) is 4.70. The van der Waals surface area contributed by atoms with Crippen molar-refractivity contribution in [2.24, 2.45) is 5.92 Å². The van der Waals surface area contributed by atoms with Crippen LogP contribution in [0.25, 0.3) is 11.3 Å². The lowest BCUT2D eigenvalue weighted by Crippen LogP contribution is -2.54. The number of morpholine rings is 1. The molecule has 0 radical (unpaired) electrons. The zero-order valence-electron chi connectivity index (χ0n) is 21.3. The number of fused-ring (bicyclic) bond motifs is 4. The number of nitrogens with zero attached hydrogens (tertiary/aromatic N) is 2. The molecule has 2 aromatic carbocycles. The van der Waals surface area contributed by atoms with E-state index >= 15 is 8.78 Å². The first kappa shape index (κ1) is 25.6. The molecule has 39 heavy (non-hydrogen) atoms. The van der Waals surface area contributed by atoms with Gasteiger partial charge >= 0.3 is 11.9 Å². The van der Waals surface area contributed by atoms with E-state index in [0.29, 0.717) is 30.7 Å². The Morgan fingerprint density at radius 2 is 2.05 bits per heavy atom. The Kier molecular flexibility index (Phi) is 6.43. The summed E-state index contributed by atoms with van der Waals surface area (Å²) in [5.74, 6) is -3.55. The van der Waals surface area contributed by atoms with Crippen molar-refractivity contribution in [2.45, 2.75) is 37.1 Å². The molecule has 202 valence electrons. The third kappa shape index (κ3) is 4.29. The summed E-state index contributed by atoms with van der Waals surface area (Å²) in [7, 11) is 0. The lowest BCUT2D eigenvalue weighted by molar-refractivity contribution is -0.591. The summed E-state index contributed by atoms with van der Waals surface area (Å²) in [4.78, 5) is 27.0. The van der Waals surface area contributed by atoms with Gasteiger partial charge in [-0.05, 0) is 29.7 Å². The molecule has 1 aromatic heterocycles. The van der Waals surface area contributed by atoms with Crippen molar-refractivity contribution in [2.75, 3.05) is 25.2 Å². The van der Waals surface area contributed by atoms with Crippen LogP contribution in [-0.4, -0.2) is 52.1 Å². The predicted molar refractivity (Wildman–Crippen MR) is 141 cm³/mol. The Morgan fingerprint density at radius 1 is 1.26 bits per heavy atom. The highest BCUT2D eigenvalue weighted by molar-refractivity contribution is 7.98. The lowest BCUT2D eigenvalue weighted by Gasteiger charge is -2.31. The van der Waals surface area contributed by atoms with Crippen LogP contribution in [0.1, 0.15) is 36.2 Å². The van der Waals surface area contributed by atoms with Crippen molar-refractivity contribution in [3.63, 3.8) is 0 Å². The lowest BCUT2D eigenvalue weighted by atomic mass is 9.92. The maximum Gasteiger partial charge on any atom is 0.392 e. The maximum atomic E-state index is 15.2. The minimum Gasteiger partial charge on any atom is -0.458 e. The summed E-state index contributed by atoms with van der Waals surface area (Å²) in [5, 5.41) is 11.4. The number of pyridine rings is 1. The van der Waals surface area contributed by atoms with E-state index in [0.717, 1.165) is 16.5 Å². The van der Waals surface area contributed by atoms with Crippen molar-refractivity contribution in [3.8, 4) is 17.0 Å². The van der Waals surface area contributed by atoms with Crippen LogP contribution >= 0.6 is 11.8 Å². The third-order valence-corrected chi connectivity index (χ3v) is 8.30. The SMILES string of the molecule is CC(C)C(=O)Oc1c2n(c(-c3cc(F)c(F)c4c3Cc3ccccc3SC4)cc1=O)N[C@@H]1COCC[N+]1=C2O. The molecule has 4 heterocycles. The number of nitrogens with one attached hydrogen (secondary N) is 1. The Bertz CT molecular complexity index is 1620. The van der Waals surface area contributed by atoms with E-state index in [-0.39, 0.29) is 41.0 Å². The molecule has 2 N–H and O–H groups in total. The molecule has 11 heteroatoms. The van der Waals surface area contributed by atoms with Gasteiger partial charge in [0, 0.05) is 27.8 Å². The van der Waals surface area contributed by atoms with Crippen LogP contribution < -0.4 is 15.6 Å². The number of carbonyl (C=O) groups excluding carboxylic acids is 1. The van der Waals surface area contributed by atoms with Crippen molar-refractivity contribution < 1.29 is 32.7 Å². The molecule has 3 aliphatic rings. The monoisotopic (exact) mass is 554 g/mol. The number of rotatable bonds is 3. The number of ether oxygens (including phenoxy) is 2. The van der Waals surface area contributed by atoms with Gasteiger partial charge in [0.1, 0.15) is 13.2 Å². The minimum atomic E-state index is -1.04. The summed E-state index contributed by atoms with van der Waals surface area (Å²) in [6, 6.07) is 9.97. The molecule has 1 atom stereocenters. The highest BCUT2D eigenvalue weighted by Crippen LogP contribution is 2.40. The van der Waals surface area contributed by atoms with Gasteiger partial charge in [-0.15, -0.1) is 11.8 Å². The summed E-state index contributed by atoms with van der Waals surface area (Å²) >= 11 is 1.42. The molecule has 0 amide bonds. The number of aromatic nitrogens is 1. The van der Waals surface area contributed by atoms with E-state index in [1.54, 1.807) is 18.4 Å². The van der Waals surface area contributed by atoms with Crippen molar-refractivity contribution >= 4 is 23.6 Å². The fourth-order valence-electron chi connectivity index (χ4n) is 5.12. The van der Waals surface area contributed by atoms with Gasteiger partial charge < -0.3 is 14.6 Å². The third-order valence-electron chi connectivity index (χ3n) is 7.16.